The average Bonchev–Trinajstić information content (AvgIpc) is 2.88. The van der Waals surface area contributed by atoms with Gasteiger partial charge in [0.2, 0.25) is 10.0 Å². The normalized spacial score (nSPS) is 23.8. The summed E-state index contributed by atoms with van der Waals surface area (Å²) in [5, 5.41) is 0. The van der Waals surface area contributed by atoms with Gasteiger partial charge in [0.1, 0.15) is 0 Å². The van der Waals surface area contributed by atoms with Crippen molar-refractivity contribution in [3.05, 3.63) is 29.8 Å². The Balaban J connectivity index is 1.55. The van der Waals surface area contributed by atoms with Crippen molar-refractivity contribution in [1.82, 2.24) is 14.1 Å². The van der Waals surface area contributed by atoms with Crippen molar-refractivity contribution in [2.75, 3.05) is 59.0 Å². The minimum Gasteiger partial charge on any atom is -0.374 e. The molecule has 0 aromatic heterocycles. The van der Waals surface area contributed by atoms with Crippen LogP contribution in [0, 0.1) is 12.8 Å². The van der Waals surface area contributed by atoms with E-state index in [2.05, 4.69) is 23.6 Å². The summed E-state index contributed by atoms with van der Waals surface area (Å²) in [6.45, 7) is 14.0. The number of ether oxygens (including phenoxy) is 1. The average molecular weight is 410 g/mol. The summed E-state index contributed by atoms with van der Waals surface area (Å²) >= 11 is 0. The highest BCUT2D eigenvalue weighted by Gasteiger charge is 2.29. The Morgan fingerprint density at radius 3 is 2.50 bits per heavy atom. The van der Waals surface area contributed by atoms with E-state index in [1.807, 2.05) is 19.1 Å². The largest absolute Gasteiger partial charge is 0.374 e. The molecular weight excluding hydrogens is 374 g/mol. The van der Waals surface area contributed by atoms with Gasteiger partial charge in [-0.3, -0.25) is 9.80 Å². The summed E-state index contributed by atoms with van der Waals surface area (Å²) in [6, 6.07) is 7.15. The van der Waals surface area contributed by atoms with Crippen molar-refractivity contribution in [2.45, 2.75) is 38.2 Å². The Labute approximate surface area is 170 Å². The van der Waals surface area contributed by atoms with E-state index in [1.165, 1.54) is 0 Å². The molecule has 7 heteroatoms. The van der Waals surface area contributed by atoms with Gasteiger partial charge in [0.05, 0.1) is 17.6 Å². The standard InChI is InChI=1S/C21H35N3O3S/c1-18(2)15-23-13-14-27-20(17-23)16-22-9-4-10-24(12-11-22)28(25,26)21-7-5-19(3)6-8-21/h5-8,18,20H,4,9-17H2,1-3H3. The third kappa shape index (κ3) is 5.76. The fraction of sp³-hybridized carbons (Fsp3) is 0.714. The van der Waals surface area contributed by atoms with Crippen LogP contribution in [-0.4, -0.2) is 87.6 Å². The third-order valence-electron chi connectivity index (χ3n) is 5.51. The fourth-order valence-corrected chi connectivity index (χ4v) is 5.56. The molecule has 1 aromatic rings. The van der Waals surface area contributed by atoms with Crippen LogP contribution < -0.4 is 0 Å². The van der Waals surface area contributed by atoms with Gasteiger partial charge in [0.15, 0.2) is 0 Å². The SMILES string of the molecule is Cc1ccc(S(=O)(=O)N2CCCN(CC3CN(CC(C)C)CCO3)CC2)cc1. The van der Waals surface area contributed by atoms with E-state index in [0.717, 1.165) is 57.9 Å². The summed E-state index contributed by atoms with van der Waals surface area (Å²) in [6.07, 6.45) is 1.07. The molecule has 158 valence electrons. The molecule has 0 bridgehead atoms. The van der Waals surface area contributed by atoms with Crippen LogP contribution in [0.3, 0.4) is 0 Å². The smallest absolute Gasteiger partial charge is 0.243 e. The fourth-order valence-electron chi connectivity index (χ4n) is 4.09. The van der Waals surface area contributed by atoms with Gasteiger partial charge in [-0.15, -0.1) is 0 Å². The molecule has 28 heavy (non-hydrogen) atoms. The number of nitrogens with zero attached hydrogens (tertiary/aromatic N) is 3. The molecule has 1 unspecified atom stereocenters. The zero-order valence-corrected chi connectivity index (χ0v) is 18.3. The third-order valence-corrected chi connectivity index (χ3v) is 7.43. The predicted octanol–water partition coefficient (Wildman–Crippen LogP) is 2.05. The van der Waals surface area contributed by atoms with E-state index >= 15 is 0 Å². The number of hydrogen-bond donors (Lipinski definition) is 0. The van der Waals surface area contributed by atoms with E-state index in [4.69, 9.17) is 4.74 Å². The lowest BCUT2D eigenvalue weighted by molar-refractivity contribution is -0.0454. The maximum atomic E-state index is 13.0. The molecule has 6 nitrogen and oxygen atoms in total. The summed E-state index contributed by atoms with van der Waals surface area (Å²) in [5.74, 6) is 0.664. The molecular formula is C21H35N3O3S. The molecule has 3 rings (SSSR count). The Kier molecular flexibility index (Phi) is 7.50. The van der Waals surface area contributed by atoms with Crippen LogP contribution in [0.2, 0.25) is 0 Å². The van der Waals surface area contributed by atoms with Gasteiger partial charge in [0.25, 0.3) is 0 Å². The van der Waals surface area contributed by atoms with Gasteiger partial charge in [-0.05, 0) is 37.9 Å². The molecule has 0 aliphatic carbocycles. The van der Waals surface area contributed by atoms with Gasteiger partial charge in [-0.2, -0.15) is 4.31 Å². The first-order valence-corrected chi connectivity index (χ1v) is 11.9. The maximum absolute atomic E-state index is 13.0. The van der Waals surface area contributed by atoms with Crippen molar-refractivity contribution in [1.29, 1.82) is 0 Å². The number of rotatable bonds is 6. The molecule has 1 atom stereocenters. The molecule has 0 spiro atoms. The number of hydrogen-bond acceptors (Lipinski definition) is 5. The minimum atomic E-state index is -3.41. The molecule has 1 aromatic carbocycles. The first kappa shape index (κ1) is 21.7. The van der Waals surface area contributed by atoms with Crippen molar-refractivity contribution in [3.8, 4) is 0 Å². The minimum absolute atomic E-state index is 0.216. The Morgan fingerprint density at radius 1 is 1.04 bits per heavy atom. The van der Waals surface area contributed by atoms with Gasteiger partial charge >= 0.3 is 0 Å². The first-order chi connectivity index (χ1) is 13.3. The van der Waals surface area contributed by atoms with Crippen LogP contribution in [0.25, 0.3) is 0 Å². The highest BCUT2D eigenvalue weighted by molar-refractivity contribution is 7.89. The molecule has 0 radical (unpaired) electrons. The van der Waals surface area contributed by atoms with Crippen LogP contribution in [0.15, 0.2) is 29.2 Å². The Hall–Kier alpha value is -0.990. The Morgan fingerprint density at radius 2 is 1.79 bits per heavy atom. The van der Waals surface area contributed by atoms with Crippen molar-refractivity contribution >= 4 is 10.0 Å². The lowest BCUT2D eigenvalue weighted by atomic mass is 10.1. The zero-order chi connectivity index (χ0) is 20.1. The van der Waals surface area contributed by atoms with Crippen molar-refractivity contribution in [3.63, 3.8) is 0 Å². The van der Waals surface area contributed by atoms with E-state index in [9.17, 15) is 8.42 Å². The summed E-state index contributed by atoms with van der Waals surface area (Å²) in [4.78, 5) is 5.26. The summed E-state index contributed by atoms with van der Waals surface area (Å²) in [5.41, 5.74) is 1.07. The van der Waals surface area contributed by atoms with Crippen molar-refractivity contribution in [2.24, 2.45) is 5.92 Å². The molecule has 2 saturated heterocycles. The molecule has 0 saturated carbocycles. The predicted molar refractivity (Wildman–Crippen MR) is 112 cm³/mol. The topological polar surface area (TPSA) is 53.1 Å². The number of morpholine rings is 1. The number of sulfonamides is 1. The van der Waals surface area contributed by atoms with E-state index < -0.39 is 10.0 Å². The first-order valence-electron chi connectivity index (χ1n) is 10.5. The van der Waals surface area contributed by atoms with Crippen molar-refractivity contribution < 1.29 is 13.2 Å². The lowest BCUT2D eigenvalue weighted by Crippen LogP contribution is -2.49. The molecule has 0 N–H and O–H groups in total. The van der Waals surface area contributed by atoms with E-state index in [-0.39, 0.29) is 6.10 Å². The van der Waals surface area contributed by atoms with Gasteiger partial charge in [0, 0.05) is 45.8 Å². The van der Waals surface area contributed by atoms with E-state index in [1.54, 1.807) is 16.4 Å². The van der Waals surface area contributed by atoms with Gasteiger partial charge in [-0.25, -0.2) is 8.42 Å². The molecule has 2 fully saturated rings. The summed E-state index contributed by atoms with van der Waals surface area (Å²) in [7, 11) is -3.41. The monoisotopic (exact) mass is 409 g/mol. The molecule has 2 heterocycles. The quantitative estimate of drug-likeness (QED) is 0.720. The second-order valence-electron chi connectivity index (χ2n) is 8.52. The van der Waals surface area contributed by atoms with Gasteiger partial charge in [-0.1, -0.05) is 31.5 Å². The number of aryl methyl sites for hydroxylation is 1. The molecule has 2 aliphatic heterocycles. The highest BCUT2D eigenvalue weighted by atomic mass is 32.2. The van der Waals surface area contributed by atoms with Crippen LogP contribution in [0.5, 0.6) is 0 Å². The van der Waals surface area contributed by atoms with Crippen LogP contribution in [-0.2, 0) is 14.8 Å². The highest BCUT2D eigenvalue weighted by Crippen LogP contribution is 2.19. The van der Waals surface area contributed by atoms with Crippen LogP contribution >= 0.6 is 0 Å². The van der Waals surface area contributed by atoms with Crippen LogP contribution in [0.1, 0.15) is 25.8 Å². The Bertz CT molecular complexity index is 721. The zero-order valence-electron chi connectivity index (χ0n) is 17.5. The summed E-state index contributed by atoms with van der Waals surface area (Å²) < 4.78 is 33.6. The molecule has 2 aliphatic rings. The lowest BCUT2D eigenvalue weighted by Gasteiger charge is -2.36. The second kappa shape index (κ2) is 9.67. The maximum Gasteiger partial charge on any atom is 0.243 e. The van der Waals surface area contributed by atoms with Crippen LogP contribution in [0.4, 0.5) is 0 Å². The van der Waals surface area contributed by atoms with Gasteiger partial charge < -0.3 is 4.74 Å². The number of benzene rings is 1. The molecule has 0 amide bonds. The second-order valence-corrected chi connectivity index (χ2v) is 10.5. The van der Waals surface area contributed by atoms with E-state index in [0.29, 0.717) is 23.9 Å².